The van der Waals surface area contributed by atoms with Crippen LogP contribution in [0.4, 0.5) is 0 Å². The summed E-state index contributed by atoms with van der Waals surface area (Å²) in [6.45, 7) is 1.92. The van der Waals surface area contributed by atoms with Gasteiger partial charge in [-0.15, -0.1) is 0 Å². The maximum absolute atomic E-state index is 10.6. The van der Waals surface area contributed by atoms with E-state index in [1.807, 2.05) is 6.92 Å². The molecule has 4 N–H and O–H groups in total. The van der Waals surface area contributed by atoms with Crippen molar-refractivity contribution in [2.45, 2.75) is 19.4 Å². The molecule has 0 amide bonds. The van der Waals surface area contributed by atoms with Crippen LogP contribution in [0.2, 0.25) is 0 Å². The van der Waals surface area contributed by atoms with Gasteiger partial charge in [0.15, 0.2) is 0 Å². The van der Waals surface area contributed by atoms with Crippen molar-refractivity contribution < 1.29 is 15.0 Å². The van der Waals surface area contributed by atoms with Gasteiger partial charge in [0.2, 0.25) is 0 Å². The van der Waals surface area contributed by atoms with Gasteiger partial charge in [-0.25, -0.2) is 0 Å². The number of aliphatic carboxylic acids is 1. The maximum Gasteiger partial charge on any atom is 0.325 e. The van der Waals surface area contributed by atoms with Crippen LogP contribution in [0.25, 0.3) is 0 Å². The standard InChI is InChI=1S/C10H13NO3/c1-2-6-3-7(5-8(12)4-6)9(11)10(13)14/h3-5,9,12H,2,11H2,1H3,(H,13,14). The number of rotatable bonds is 3. The molecule has 0 saturated carbocycles. The van der Waals surface area contributed by atoms with E-state index in [2.05, 4.69) is 0 Å². The van der Waals surface area contributed by atoms with Crippen LogP contribution in [0, 0.1) is 0 Å². The number of carboxylic acid groups (broad SMARTS) is 1. The summed E-state index contributed by atoms with van der Waals surface area (Å²) in [6.07, 6.45) is 0.730. The van der Waals surface area contributed by atoms with Gasteiger partial charge in [-0.3, -0.25) is 4.79 Å². The summed E-state index contributed by atoms with van der Waals surface area (Å²) in [6, 6.07) is 3.58. The van der Waals surface area contributed by atoms with E-state index >= 15 is 0 Å². The van der Waals surface area contributed by atoms with Gasteiger partial charge in [0, 0.05) is 0 Å². The fourth-order valence-corrected chi connectivity index (χ4v) is 1.23. The Morgan fingerprint density at radius 1 is 1.50 bits per heavy atom. The zero-order valence-corrected chi connectivity index (χ0v) is 7.90. The molecule has 0 saturated heterocycles. The molecule has 0 heterocycles. The lowest BCUT2D eigenvalue weighted by molar-refractivity contribution is -0.138. The molecule has 1 aromatic rings. The lowest BCUT2D eigenvalue weighted by Gasteiger charge is -2.09. The van der Waals surface area contributed by atoms with Crippen LogP contribution in [0.5, 0.6) is 5.75 Å². The lowest BCUT2D eigenvalue weighted by atomic mass is 10.0. The van der Waals surface area contributed by atoms with Crippen LogP contribution in [0.1, 0.15) is 24.1 Å². The van der Waals surface area contributed by atoms with Crippen molar-refractivity contribution in [2.24, 2.45) is 5.73 Å². The third-order valence-corrected chi connectivity index (χ3v) is 2.03. The lowest BCUT2D eigenvalue weighted by Crippen LogP contribution is -2.20. The molecule has 0 aliphatic carbocycles. The Morgan fingerprint density at radius 3 is 2.64 bits per heavy atom. The summed E-state index contributed by atoms with van der Waals surface area (Å²) in [5.74, 6) is -1.05. The van der Waals surface area contributed by atoms with E-state index in [-0.39, 0.29) is 5.75 Å². The zero-order valence-electron chi connectivity index (χ0n) is 7.90. The van der Waals surface area contributed by atoms with Gasteiger partial charge in [-0.2, -0.15) is 0 Å². The second kappa shape index (κ2) is 4.11. The number of carboxylic acids is 1. The highest BCUT2D eigenvalue weighted by Gasteiger charge is 2.15. The van der Waals surface area contributed by atoms with Gasteiger partial charge in [0.25, 0.3) is 0 Å². The number of hydrogen-bond acceptors (Lipinski definition) is 3. The van der Waals surface area contributed by atoms with Crippen molar-refractivity contribution in [1.29, 1.82) is 0 Å². The molecule has 0 spiro atoms. The number of phenolic OH excluding ortho intramolecular Hbond substituents is 1. The number of hydrogen-bond donors (Lipinski definition) is 3. The smallest absolute Gasteiger partial charge is 0.325 e. The molecule has 0 bridgehead atoms. The van der Waals surface area contributed by atoms with Gasteiger partial charge < -0.3 is 15.9 Å². The van der Waals surface area contributed by atoms with Crippen molar-refractivity contribution in [1.82, 2.24) is 0 Å². The van der Waals surface area contributed by atoms with Crippen LogP contribution in [0.3, 0.4) is 0 Å². The van der Waals surface area contributed by atoms with Crippen molar-refractivity contribution in [2.75, 3.05) is 0 Å². The topological polar surface area (TPSA) is 83.5 Å². The second-order valence-corrected chi connectivity index (χ2v) is 3.10. The third-order valence-electron chi connectivity index (χ3n) is 2.03. The molecule has 1 unspecified atom stereocenters. The summed E-state index contributed by atoms with van der Waals surface area (Å²) < 4.78 is 0. The number of carbonyl (C=O) groups is 1. The van der Waals surface area contributed by atoms with Gasteiger partial charge in [0.1, 0.15) is 11.8 Å². The quantitative estimate of drug-likeness (QED) is 0.672. The molecule has 0 aliphatic heterocycles. The Morgan fingerprint density at radius 2 is 2.14 bits per heavy atom. The minimum absolute atomic E-state index is 0.0519. The molecule has 0 aromatic heterocycles. The predicted octanol–water partition coefficient (Wildman–Crippen LogP) is 1.04. The molecule has 0 aliphatic rings. The highest BCUT2D eigenvalue weighted by atomic mass is 16.4. The number of phenols is 1. The van der Waals surface area contributed by atoms with Gasteiger partial charge >= 0.3 is 5.97 Å². The molecule has 0 radical (unpaired) electrons. The average Bonchev–Trinajstić information content (AvgIpc) is 2.15. The highest BCUT2D eigenvalue weighted by molar-refractivity contribution is 5.75. The predicted molar refractivity (Wildman–Crippen MR) is 52.0 cm³/mol. The summed E-state index contributed by atoms with van der Waals surface area (Å²) in [4.78, 5) is 10.6. The summed E-state index contributed by atoms with van der Waals surface area (Å²) in [7, 11) is 0. The molecule has 14 heavy (non-hydrogen) atoms. The first-order valence-corrected chi connectivity index (χ1v) is 4.35. The zero-order chi connectivity index (χ0) is 10.7. The first kappa shape index (κ1) is 10.5. The number of benzene rings is 1. The SMILES string of the molecule is CCc1cc(O)cc(C(N)C(=O)O)c1. The van der Waals surface area contributed by atoms with Crippen molar-refractivity contribution in [3.05, 3.63) is 29.3 Å². The fourth-order valence-electron chi connectivity index (χ4n) is 1.23. The van der Waals surface area contributed by atoms with E-state index in [9.17, 15) is 9.90 Å². The van der Waals surface area contributed by atoms with Crippen LogP contribution < -0.4 is 5.73 Å². The number of nitrogens with two attached hydrogens (primary N) is 1. The third kappa shape index (κ3) is 2.23. The van der Waals surface area contributed by atoms with Crippen LogP contribution >= 0.6 is 0 Å². The Balaban J connectivity index is 3.08. The highest BCUT2D eigenvalue weighted by Crippen LogP contribution is 2.20. The summed E-state index contributed by atoms with van der Waals surface area (Å²) >= 11 is 0. The fraction of sp³-hybridized carbons (Fsp3) is 0.300. The molecule has 4 nitrogen and oxygen atoms in total. The monoisotopic (exact) mass is 195 g/mol. The van der Waals surface area contributed by atoms with E-state index in [1.165, 1.54) is 6.07 Å². The van der Waals surface area contributed by atoms with Crippen LogP contribution in [0.15, 0.2) is 18.2 Å². The van der Waals surface area contributed by atoms with E-state index in [0.717, 1.165) is 12.0 Å². The number of aryl methyl sites for hydroxylation is 1. The number of aromatic hydroxyl groups is 1. The van der Waals surface area contributed by atoms with Gasteiger partial charge in [-0.05, 0) is 29.7 Å². The summed E-state index contributed by atoms with van der Waals surface area (Å²) in [5.41, 5.74) is 6.72. The van der Waals surface area contributed by atoms with Gasteiger partial charge in [0.05, 0.1) is 0 Å². The van der Waals surface area contributed by atoms with Crippen molar-refractivity contribution >= 4 is 5.97 Å². The van der Waals surface area contributed by atoms with Crippen molar-refractivity contribution in [3.8, 4) is 5.75 Å². The largest absolute Gasteiger partial charge is 0.508 e. The Kier molecular flexibility index (Phi) is 3.09. The molecule has 1 atom stereocenters. The Bertz CT molecular complexity index is 349. The molecule has 76 valence electrons. The van der Waals surface area contributed by atoms with Crippen LogP contribution in [-0.4, -0.2) is 16.2 Å². The average molecular weight is 195 g/mol. The first-order valence-electron chi connectivity index (χ1n) is 4.35. The molecule has 1 rings (SSSR count). The first-order chi connectivity index (χ1) is 6.54. The minimum atomic E-state index is -1.10. The molecule has 1 aromatic carbocycles. The van der Waals surface area contributed by atoms with E-state index in [0.29, 0.717) is 5.56 Å². The van der Waals surface area contributed by atoms with Crippen LogP contribution in [-0.2, 0) is 11.2 Å². The molecular weight excluding hydrogens is 182 g/mol. The van der Waals surface area contributed by atoms with Crippen molar-refractivity contribution in [3.63, 3.8) is 0 Å². The molecule has 0 fully saturated rings. The molecule has 4 heteroatoms. The summed E-state index contributed by atoms with van der Waals surface area (Å²) in [5, 5.41) is 18.0. The Hall–Kier alpha value is -1.55. The minimum Gasteiger partial charge on any atom is -0.508 e. The van der Waals surface area contributed by atoms with E-state index < -0.39 is 12.0 Å². The maximum atomic E-state index is 10.6. The van der Waals surface area contributed by atoms with Gasteiger partial charge in [-0.1, -0.05) is 13.0 Å². The van der Waals surface area contributed by atoms with E-state index in [1.54, 1.807) is 12.1 Å². The molecular formula is C10H13NO3. The Labute approximate surface area is 82.0 Å². The van der Waals surface area contributed by atoms with E-state index in [4.69, 9.17) is 10.8 Å². The second-order valence-electron chi connectivity index (χ2n) is 3.10. The normalized spacial score (nSPS) is 12.4.